The van der Waals surface area contributed by atoms with E-state index in [2.05, 4.69) is 25.2 Å². The summed E-state index contributed by atoms with van der Waals surface area (Å²) in [6.45, 7) is 8.60. The number of aryl methyl sites for hydroxylation is 2. The van der Waals surface area contributed by atoms with Crippen molar-refractivity contribution < 1.29 is 4.74 Å². The number of aliphatic imine (C=N–C) groups is 1. The highest BCUT2D eigenvalue weighted by Gasteiger charge is 1.98. The molecule has 1 aromatic rings. The second-order valence-corrected chi connectivity index (χ2v) is 5.20. The molecule has 0 fully saturated rings. The number of halogens is 1. The van der Waals surface area contributed by atoms with Gasteiger partial charge in [0.2, 0.25) is 0 Å². The topological polar surface area (TPSA) is 63.5 Å². The Morgan fingerprint density at radius 1 is 1.22 bits per heavy atom. The number of aromatic nitrogens is 2. The van der Waals surface area contributed by atoms with Gasteiger partial charge in [0.1, 0.15) is 5.82 Å². The van der Waals surface area contributed by atoms with Crippen LogP contribution in [0.4, 0.5) is 0 Å². The number of nitrogens with one attached hydrogen (secondary N) is 2. The summed E-state index contributed by atoms with van der Waals surface area (Å²) in [6, 6.07) is 0. The fourth-order valence-electron chi connectivity index (χ4n) is 2.15. The van der Waals surface area contributed by atoms with Crippen molar-refractivity contribution in [2.75, 3.05) is 33.4 Å². The van der Waals surface area contributed by atoms with Crippen LogP contribution < -0.4 is 10.6 Å². The minimum absolute atomic E-state index is 0. The number of unbranched alkanes of at least 4 members (excludes halogenated alkanes) is 2. The van der Waals surface area contributed by atoms with Gasteiger partial charge in [0.25, 0.3) is 0 Å². The standard InChI is InChI=1S/C16H31N5O.HI/c1-4-22-14-8-6-10-20-16(17-3)19-9-5-7-12-21-13-11-18-15(21)2;/h11,13H,4-10,12,14H2,1-3H3,(H2,17,19,20);1H. The number of rotatable bonds is 11. The molecule has 0 aliphatic carbocycles. The molecule has 0 amide bonds. The zero-order valence-corrected chi connectivity index (χ0v) is 17.0. The Hall–Kier alpha value is -0.830. The van der Waals surface area contributed by atoms with E-state index < -0.39 is 0 Å². The average Bonchev–Trinajstić information content (AvgIpc) is 2.93. The fraction of sp³-hybridized carbons (Fsp3) is 0.750. The van der Waals surface area contributed by atoms with E-state index in [0.29, 0.717) is 0 Å². The zero-order valence-electron chi connectivity index (χ0n) is 14.7. The smallest absolute Gasteiger partial charge is 0.190 e. The van der Waals surface area contributed by atoms with Crippen molar-refractivity contribution in [1.82, 2.24) is 20.2 Å². The lowest BCUT2D eigenvalue weighted by Crippen LogP contribution is -2.38. The molecular formula is C16H32IN5O. The van der Waals surface area contributed by atoms with Crippen molar-refractivity contribution in [1.29, 1.82) is 0 Å². The van der Waals surface area contributed by atoms with Crippen molar-refractivity contribution in [2.24, 2.45) is 4.99 Å². The lowest BCUT2D eigenvalue weighted by molar-refractivity contribution is 0.143. The molecule has 134 valence electrons. The zero-order chi connectivity index (χ0) is 16.0. The predicted octanol–water partition coefficient (Wildman–Crippen LogP) is 2.57. The highest BCUT2D eigenvalue weighted by molar-refractivity contribution is 14.0. The van der Waals surface area contributed by atoms with Gasteiger partial charge < -0.3 is 19.9 Å². The van der Waals surface area contributed by atoms with Gasteiger partial charge >= 0.3 is 0 Å². The van der Waals surface area contributed by atoms with E-state index in [-0.39, 0.29) is 24.0 Å². The second-order valence-electron chi connectivity index (χ2n) is 5.20. The molecule has 1 aromatic heterocycles. The molecule has 0 saturated carbocycles. The van der Waals surface area contributed by atoms with Crippen LogP contribution in [0, 0.1) is 6.92 Å². The van der Waals surface area contributed by atoms with Crippen LogP contribution in [0.2, 0.25) is 0 Å². The SMILES string of the molecule is CCOCCCCNC(=NC)NCCCCn1ccnc1C.I. The summed E-state index contributed by atoms with van der Waals surface area (Å²) in [5.74, 6) is 1.97. The maximum atomic E-state index is 5.32. The number of ether oxygens (including phenoxy) is 1. The van der Waals surface area contributed by atoms with Crippen LogP contribution in [0.25, 0.3) is 0 Å². The first-order valence-electron chi connectivity index (χ1n) is 8.28. The number of hydrogen-bond acceptors (Lipinski definition) is 3. The van der Waals surface area contributed by atoms with Gasteiger partial charge in [-0.2, -0.15) is 0 Å². The number of imidazole rings is 1. The van der Waals surface area contributed by atoms with Gasteiger partial charge in [-0.1, -0.05) is 0 Å². The van der Waals surface area contributed by atoms with E-state index >= 15 is 0 Å². The Morgan fingerprint density at radius 3 is 2.48 bits per heavy atom. The summed E-state index contributed by atoms with van der Waals surface area (Å²) in [6.07, 6.45) is 8.32. The van der Waals surface area contributed by atoms with E-state index in [1.54, 1.807) is 0 Å². The maximum Gasteiger partial charge on any atom is 0.190 e. The minimum atomic E-state index is 0. The van der Waals surface area contributed by atoms with Crippen LogP contribution in [0.1, 0.15) is 38.4 Å². The molecule has 0 aliphatic heterocycles. The van der Waals surface area contributed by atoms with E-state index in [1.165, 1.54) is 0 Å². The summed E-state index contributed by atoms with van der Waals surface area (Å²) in [7, 11) is 1.81. The predicted molar refractivity (Wildman–Crippen MR) is 107 cm³/mol. The van der Waals surface area contributed by atoms with Crippen LogP contribution in [0.5, 0.6) is 0 Å². The normalized spacial score (nSPS) is 11.2. The van der Waals surface area contributed by atoms with Gasteiger partial charge in [0, 0.05) is 52.3 Å². The maximum absolute atomic E-state index is 5.32. The average molecular weight is 437 g/mol. The Morgan fingerprint density at radius 2 is 1.91 bits per heavy atom. The van der Waals surface area contributed by atoms with Crippen LogP contribution >= 0.6 is 24.0 Å². The van der Waals surface area contributed by atoms with Crippen LogP contribution in [0.15, 0.2) is 17.4 Å². The molecule has 0 radical (unpaired) electrons. The van der Waals surface area contributed by atoms with Gasteiger partial charge in [0.15, 0.2) is 5.96 Å². The van der Waals surface area contributed by atoms with E-state index in [1.807, 2.05) is 33.3 Å². The van der Waals surface area contributed by atoms with Crippen LogP contribution in [-0.4, -0.2) is 48.9 Å². The third-order valence-electron chi connectivity index (χ3n) is 3.48. The van der Waals surface area contributed by atoms with Crippen molar-refractivity contribution >= 4 is 29.9 Å². The molecule has 0 bridgehead atoms. The van der Waals surface area contributed by atoms with Gasteiger partial charge in [-0.25, -0.2) is 4.98 Å². The highest BCUT2D eigenvalue weighted by atomic mass is 127. The molecule has 6 nitrogen and oxygen atoms in total. The number of hydrogen-bond donors (Lipinski definition) is 2. The first-order valence-corrected chi connectivity index (χ1v) is 8.28. The minimum Gasteiger partial charge on any atom is -0.382 e. The van der Waals surface area contributed by atoms with Crippen molar-refractivity contribution in [2.45, 2.75) is 46.1 Å². The van der Waals surface area contributed by atoms with Gasteiger partial charge in [-0.15, -0.1) is 24.0 Å². The summed E-state index contributed by atoms with van der Waals surface area (Å²) in [4.78, 5) is 8.46. The third kappa shape index (κ3) is 10.5. The number of nitrogens with zero attached hydrogens (tertiary/aromatic N) is 3. The molecule has 0 aromatic carbocycles. The van der Waals surface area contributed by atoms with Gasteiger partial charge in [0.05, 0.1) is 0 Å². The van der Waals surface area contributed by atoms with Crippen LogP contribution in [-0.2, 0) is 11.3 Å². The summed E-state index contributed by atoms with van der Waals surface area (Å²) in [5.41, 5.74) is 0. The van der Waals surface area contributed by atoms with Gasteiger partial charge in [-0.05, 0) is 39.5 Å². The molecule has 1 rings (SSSR count). The summed E-state index contributed by atoms with van der Waals surface area (Å²) >= 11 is 0. The lowest BCUT2D eigenvalue weighted by Gasteiger charge is -2.12. The first kappa shape index (κ1) is 22.2. The Bertz CT molecular complexity index is 422. The first-order chi connectivity index (χ1) is 10.8. The van der Waals surface area contributed by atoms with Crippen molar-refractivity contribution in [3.8, 4) is 0 Å². The molecule has 0 atom stereocenters. The largest absolute Gasteiger partial charge is 0.382 e. The molecule has 0 saturated heterocycles. The van der Waals surface area contributed by atoms with Gasteiger partial charge in [-0.3, -0.25) is 4.99 Å². The number of guanidine groups is 1. The highest BCUT2D eigenvalue weighted by Crippen LogP contribution is 1.99. The third-order valence-corrected chi connectivity index (χ3v) is 3.48. The quantitative estimate of drug-likeness (QED) is 0.242. The van der Waals surface area contributed by atoms with E-state index in [4.69, 9.17) is 4.74 Å². The Balaban J connectivity index is 0.00000484. The van der Waals surface area contributed by atoms with E-state index in [0.717, 1.165) is 70.3 Å². The van der Waals surface area contributed by atoms with Crippen LogP contribution in [0.3, 0.4) is 0 Å². The molecule has 1 heterocycles. The van der Waals surface area contributed by atoms with Crippen molar-refractivity contribution in [3.05, 3.63) is 18.2 Å². The Labute approximate surface area is 157 Å². The molecule has 7 heteroatoms. The second kappa shape index (κ2) is 14.7. The summed E-state index contributed by atoms with van der Waals surface area (Å²) < 4.78 is 7.50. The molecule has 0 spiro atoms. The summed E-state index contributed by atoms with van der Waals surface area (Å²) in [5, 5.41) is 6.68. The molecule has 0 aliphatic rings. The Kier molecular flexibility index (Phi) is 14.2. The monoisotopic (exact) mass is 437 g/mol. The van der Waals surface area contributed by atoms with E-state index in [9.17, 15) is 0 Å². The molecular weight excluding hydrogens is 405 g/mol. The fourth-order valence-corrected chi connectivity index (χ4v) is 2.15. The molecule has 0 unspecified atom stereocenters. The van der Waals surface area contributed by atoms with Crippen molar-refractivity contribution in [3.63, 3.8) is 0 Å². The molecule has 23 heavy (non-hydrogen) atoms. The molecule has 2 N–H and O–H groups in total. The lowest BCUT2D eigenvalue weighted by atomic mass is 10.3.